The lowest BCUT2D eigenvalue weighted by Crippen LogP contribution is -1.99. The second-order valence-electron chi connectivity index (χ2n) is 5.53. The molecule has 19 heavy (non-hydrogen) atoms. The summed E-state index contributed by atoms with van der Waals surface area (Å²) in [5, 5.41) is 10.2. The molecular formula is C16H19NO2. The summed E-state index contributed by atoms with van der Waals surface area (Å²) >= 11 is 0. The van der Waals surface area contributed by atoms with Gasteiger partial charge < -0.3 is 9.67 Å². The van der Waals surface area contributed by atoms with Gasteiger partial charge >= 0.3 is 5.97 Å². The van der Waals surface area contributed by atoms with E-state index in [2.05, 4.69) is 36.7 Å². The van der Waals surface area contributed by atoms with Crippen LogP contribution in [-0.4, -0.2) is 15.6 Å². The Kier molecular flexibility index (Phi) is 2.85. The molecule has 3 heteroatoms. The van der Waals surface area contributed by atoms with Crippen LogP contribution in [0.2, 0.25) is 0 Å². The molecule has 0 atom stereocenters. The lowest BCUT2D eigenvalue weighted by molar-refractivity contribution is -0.136. The van der Waals surface area contributed by atoms with E-state index in [1.807, 2.05) is 0 Å². The molecule has 1 heterocycles. The van der Waals surface area contributed by atoms with Crippen molar-refractivity contribution < 1.29 is 9.90 Å². The fourth-order valence-corrected chi connectivity index (χ4v) is 3.00. The minimum absolute atomic E-state index is 0.207. The first-order valence-corrected chi connectivity index (χ1v) is 6.88. The van der Waals surface area contributed by atoms with Gasteiger partial charge in [0.2, 0.25) is 0 Å². The third-order valence-electron chi connectivity index (χ3n) is 4.28. The number of aromatic nitrogens is 1. The van der Waals surface area contributed by atoms with Crippen LogP contribution in [0.3, 0.4) is 0 Å². The summed E-state index contributed by atoms with van der Waals surface area (Å²) < 4.78 is 2.19. The molecule has 0 bridgehead atoms. The summed E-state index contributed by atoms with van der Waals surface area (Å²) in [6, 6.07) is 6.47. The van der Waals surface area contributed by atoms with E-state index in [4.69, 9.17) is 5.11 Å². The van der Waals surface area contributed by atoms with Crippen molar-refractivity contribution >= 4 is 16.9 Å². The van der Waals surface area contributed by atoms with Crippen LogP contribution in [0.25, 0.3) is 10.9 Å². The summed E-state index contributed by atoms with van der Waals surface area (Å²) in [6.07, 6.45) is 3.37. The van der Waals surface area contributed by atoms with Gasteiger partial charge in [-0.15, -0.1) is 0 Å². The second kappa shape index (κ2) is 4.41. The van der Waals surface area contributed by atoms with Crippen LogP contribution in [0.4, 0.5) is 0 Å². The standard InChI is InChI=1S/C16H19NO2/c1-10-12(8-9-15(18)19)16-13(11-6-7-11)4-3-5-14(16)17(10)2/h3-5,11H,6-9H2,1-2H3,(H,18,19). The minimum atomic E-state index is -0.722. The highest BCUT2D eigenvalue weighted by Crippen LogP contribution is 2.44. The molecule has 100 valence electrons. The average Bonchev–Trinajstić information content (AvgIpc) is 3.18. The Labute approximate surface area is 112 Å². The molecule has 1 aromatic carbocycles. The van der Waals surface area contributed by atoms with E-state index in [9.17, 15) is 4.79 Å². The Morgan fingerprint density at radius 1 is 1.42 bits per heavy atom. The van der Waals surface area contributed by atoms with E-state index in [0.717, 1.165) is 0 Å². The zero-order valence-electron chi connectivity index (χ0n) is 11.4. The maximum Gasteiger partial charge on any atom is 0.303 e. The molecule has 1 fully saturated rings. The fraction of sp³-hybridized carbons (Fsp3) is 0.438. The number of aryl methyl sites for hydroxylation is 2. The predicted molar refractivity (Wildman–Crippen MR) is 75.6 cm³/mol. The van der Waals surface area contributed by atoms with Crippen LogP contribution in [0.5, 0.6) is 0 Å². The third kappa shape index (κ3) is 2.03. The maximum atomic E-state index is 10.9. The number of hydrogen-bond acceptors (Lipinski definition) is 1. The van der Waals surface area contributed by atoms with E-state index >= 15 is 0 Å². The summed E-state index contributed by atoms with van der Waals surface area (Å²) in [5.74, 6) is -0.0330. The van der Waals surface area contributed by atoms with Crippen molar-refractivity contribution in [2.75, 3.05) is 0 Å². The van der Waals surface area contributed by atoms with Gasteiger partial charge in [-0.2, -0.15) is 0 Å². The van der Waals surface area contributed by atoms with Crippen molar-refractivity contribution in [3.8, 4) is 0 Å². The fourth-order valence-electron chi connectivity index (χ4n) is 3.00. The molecule has 1 N–H and O–H groups in total. The number of carboxylic acids is 1. The molecule has 0 amide bonds. The van der Waals surface area contributed by atoms with E-state index < -0.39 is 5.97 Å². The van der Waals surface area contributed by atoms with Crippen molar-refractivity contribution in [1.82, 2.24) is 4.57 Å². The van der Waals surface area contributed by atoms with Gasteiger partial charge in [-0.25, -0.2) is 0 Å². The van der Waals surface area contributed by atoms with Gasteiger partial charge in [0, 0.05) is 30.1 Å². The van der Waals surface area contributed by atoms with Crippen LogP contribution in [0.1, 0.15) is 42.0 Å². The molecule has 0 aliphatic heterocycles. The van der Waals surface area contributed by atoms with Gasteiger partial charge in [-0.3, -0.25) is 4.79 Å². The normalized spacial score (nSPS) is 15.1. The number of nitrogens with zero attached hydrogens (tertiary/aromatic N) is 1. The predicted octanol–water partition coefficient (Wildman–Crippen LogP) is 3.38. The van der Waals surface area contributed by atoms with Crippen LogP contribution in [0.15, 0.2) is 18.2 Å². The van der Waals surface area contributed by atoms with Gasteiger partial charge in [0.1, 0.15) is 0 Å². The number of carbonyl (C=O) groups is 1. The van der Waals surface area contributed by atoms with E-state index in [1.165, 1.54) is 40.6 Å². The SMILES string of the molecule is Cc1c(CCC(=O)O)c2c(C3CC3)cccc2n1C. The van der Waals surface area contributed by atoms with Gasteiger partial charge in [0.15, 0.2) is 0 Å². The number of benzene rings is 1. The van der Waals surface area contributed by atoms with Crippen molar-refractivity contribution in [3.05, 3.63) is 35.0 Å². The monoisotopic (exact) mass is 257 g/mol. The molecular weight excluding hydrogens is 238 g/mol. The highest BCUT2D eigenvalue weighted by molar-refractivity contribution is 5.90. The van der Waals surface area contributed by atoms with Gasteiger partial charge in [0.05, 0.1) is 0 Å². The van der Waals surface area contributed by atoms with E-state index in [-0.39, 0.29) is 6.42 Å². The smallest absolute Gasteiger partial charge is 0.303 e. The highest BCUT2D eigenvalue weighted by atomic mass is 16.4. The number of rotatable bonds is 4. The van der Waals surface area contributed by atoms with E-state index in [1.54, 1.807) is 0 Å². The van der Waals surface area contributed by atoms with E-state index in [0.29, 0.717) is 12.3 Å². The molecule has 0 saturated heterocycles. The largest absolute Gasteiger partial charge is 0.481 e. The summed E-state index contributed by atoms with van der Waals surface area (Å²) in [7, 11) is 2.07. The number of hydrogen-bond donors (Lipinski definition) is 1. The molecule has 0 unspecified atom stereocenters. The van der Waals surface area contributed by atoms with Gasteiger partial charge in [-0.05, 0) is 49.3 Å². The van der Waals surface area contributed by atoms with Crippen LogP contribution < -0.4 is 0 Å². The third-order valence-corrected chi connectivity index (χ3v) is 4.28. The summed E-state index contributed by atoms with van der Waals surface area (Å²) in [6.45, 7) is 2.09. The van der Waals surface area contributed by atoms with Crippen LogP contribution in [-0.2, 0) is 18.3 Å². The summed E-state index contributed by atoms with van der Waals surface area (Å²) in [5.41, 5.74) is 5.08. The lowest BCUT2D eigenvalue weighted by Gasteiger charge is -2.05. The lowest BCUT2D eigenvalue weighted by atomic mass is 9.99. The Morgan fingerprint density at radius 3 is 2.79 bits per heavy atom. The van der Waals surface area contributed by atoms with Gasteiger partial charge in [0.25, 0.3) is 0 Å². The first kappa shape index (κ1) is 12.3. The van der Waals surface area contributed by atoms with Crippen molar-refractivity contribution in [1.29, 1.82) is 0 Å². The average molecular weight is 257 g/mol. The van der Waals surface area contributed by atoms with Gasteiger partial charge in [-0.1, -0.05) is 12.1 Å². The number of carboxylic acid groups (broad SMARTS) is 1. The van der Waals surface area contributed by atoms with Crippen molar-refractivity contribution in [3.63, 3.8) is 0 Å². The van der Waals surface area contributed by atoms with Crippen LogP contribution in [0, 0.1) is 6.92 Å². The molecule has 2 aromatic rings. The summed E-state index contributed by atoms with van der Waals surface area (Å²) in [4.78, 5) is 10.9. The Hall–Kier alpha value is -1.77. The quantitative estimate of drug-likeness (QED) is 0.912. The Bertz CT molecular complexity index is 650. The maximum absolute atomic E-state index is 10.9. The minimum Gasteiger partial charge on any atom is -0.481 e. The molecule has 0 radical (unpaired) electrons. The molecule has 0 spiro atoms. The molecule has 3 rings (SSSR count). The Balaban J connectivity index is 2.17. The molecule has 1 aliphatic carbocycles. The first-order chi connectivity index (χ1) is 9.09. The zero-order chi connectivity index (χ0) is 13.6. The van der Waals surface area contributed by atoms with Crippen LogP contribution >= 0.6 is 0 Å². The number of aliphatic carboxylic acids is 1. The topological polar surface area (TPSA) is 42.2 Å². The highest BCUT2D eigenvalue weighted by Gasteiger charge is 2.27. The molecule has 1 aliphatic rings. The van der Waals surface area contributed by atoms with Crippen molar-refractivity contribution in [2.24, 2.45) is 7.05 Å². The Morgan fingerprint density at radius 2 is 2.16 bits per heavy atom. The molecule has 3 nitrogen and oxygen atoms in total. The second-order valence-corrected chi connectivity index (χ2v) is 5.53. The molecule has 1 aromatic heterocycles. The number of fused-ring (bicyclic) bond motifs is 1. The first-order valence-electron chi connectivity index (χ1n) is 6.88. The zero-order valence-corrected chi connectivity index (χ0v) is 11.4. The molecule has 1 saturated carbocycles. The van der Waals surface area contributed by atoms with Crippen molar-refractivity contribution in [2.45, 2.75) is 38.5 Å².